The second-order valence-corrected chi connectivity index (χ2v) is 8.12. The second kappa shape index (κ2) is 7.76. The van der Waals surface area contributed by atoms with E-state index in [9.17, 15) is 19.2 Å². The molecule has 2 aliphatic heterocycles. The molecule has 4 rings (SSSR count). The van der Waals surface area contributed by atoms with Crippen LogP contribution < -0.4 is 9.80 Å². The first kappa shape index (κ1) is 19.3. The fourth-order valence-corrected chi connectivity index (χ4v) is 4.22. The Labute approximate surface area is 171 Å². The Balaban J connectivity index is 1.39. The van der Waals surface area contributed by atoms with Gasteiger partial charge in [-0.2, -0.15) is 0 Å². The van der Waals surface area contributed by atoms with Gasteiger partial charge in [0.2, 0.25) is 0 Å². The lowest BCUT2D eigenvalue weighted by Crippen LogP contribution is -3.16. The summed E-state index contributed by atoms with van der Waals surface area (Å²) in [6.45, 7) is 4.31. The Bertz CT molecular complexity index is 949. The summed E-state index contributed by atoms with van der Waals surface area (Å²) in [5.74, 6) is -1.63. The van der Waals surface area contributed by atoms with Gasteiger partial charge >= 0.3 is 17.8 Å². The van der Waals surface area contributed by atoms with Crippen LogP contribution in [0.4, 0.5) is 10.5 Å². The number of thiophene rings is 1. The van der Waals surface area contributed by atoms with Crippen molar-refractivity contribution in [2.45, 2.75) is 6.92 Å². The quantitative estimate of drug-likeness (QED) is 0.579. The number of carbonyl (C=O) groups excluding carboxylic acids is 4. The van der Waals surface area contributed by atoms with E-state index in [1.54, 1.807) is 35.2 Å². The first-order valence-electron chi connectivity index (χ1n) is 9.38. The molecule has 2 fully saturated rings. The Morgan fingerprint density at radius 2 is 1.72 bits per heavy atom. The Morgan fingerprint density at radius 3 is 2.34 bits per heavy atom. The number of piperazine rings is 1. The summed E-state index contributed by atoms with van der Waals surface area (Å²) in [7, 11) is 0. The second-order valence-electron chi connectivity index (χ2n) is 7.17. The molecule has 2 saturated heterocycles. The van der Waals surface area contributed by atoms with E-state index in [0.717, 1.165) is 20.3 Å². The largest absolute Gasteiger partial charge is 0.343 e. The number of hydrogen-bond donors (Lipinski definition) is 1. The van der Waals surface area contributed by atoms with Crippen LogP contribution in [-0.2, 0) is 9.59 Å². The highest BCUT2D eigenvalue weighted by molar-refractivity contribution is 7.12. The van der Waals surface area contributed by atoms with Crippen molar-refractivity contribution in [3.8, 4) is 0 Å². The van der Waals surface area contributed by atoms with Gasteiger partial charge in [-0.1, -0.05) is 23.8 Å². The van der Waals surface area contributed by atoms with Crippen LogP contribution >= 0.6 is 11.3 Å². The first-order chi connectivity index (χ1) is 14.0. The summed E-state index contributed by atoms with van der Waals surface area (Å²) in [5.41, 5.74) is 1.39. The zero-order chi connectivity index (χ0) is 20.5. The number of urea groups is 1. The molecule has 0 radical (unpaired) electrons. The number of nitrogens with one attached hydrogen (secondary N) is 1. The number of carbonyl (C=O) groups is 4. The van der Waals surface area contributed by atoms with Crippen LogP contribution in [0.2, 0.25) is 0 Å². The highest BCUT2D eigenvalue weighted by Gasteiger charge is 2.47. The molecule has 29 heavy (non-hydrogen) atoms. The Kier molecular flexibility index (Phi) is 5.16. The lowest BCUT2D eigenvalue weighted by atomic mass is 10.2. The molecule has 1 N–H and O–H groups in total. The van der Waals surface area contributed by atoms with Crippen LogP contribution in [0.3, 0.4) is 0 Å². The van der Waals surface area contributed by atoms with Gasteiger partial charge in [0.1, 0.15) is 0 Å². The van der Waals surface area contributed by atoms with E-state index in [0.29, 0.717) is 36.7 Å². The number of benzene rings is 1. The van der Waals surface area contributed by atoms with Crippen molar-refractivity contribution in [1.29, 1.82) is 0 Å². The minimum atomic E-state index is -0.829. The molecule has 0 bridgehead atoms. The van der Waals surface area contributed by atoms with Crippen LogP contribution in [0.1, 0.15) is 15.2 Å². The van der Waals surface area contributed by atoms with E-state index in [2.05, 4.69) is 0 Å². The number of aryl methyl sites for hydroxylation is 1. The molecule has 0 spiro atoms. The van der Waals surface area contributed by atoms with Crippen molar-refractivity contribution in [1.82, 2.24) is 9.80 Å². The predicted octanol–water partition coefficient (Wildman–Crippen LogP) is 0.350. The number of amides is 5. The van der Waals surface area contributed by atoms with E-state index in [1.165, 1.54) is 11.3 Å². The molecule has 0 aliphatic carbocycles. The molecular weight excluding hydrogens is 392 g/mol. The predicted molar refractivity (Wildman–Crippen MR) is 107 cm³/mol. The number of anilines is 1. The molecular formula is C20H21N4O4S+. The number of nitrogens with zero attached hydrogens (tertiary/aromatic N) is 3. The number of imide groups is 2. The third kappa shape index (κ3) is 3.66. The van der Waals surface area contributed by atoms with Crippen molar-refractivity contribution < 1.29 is 24.1 Å². The topological polar surface area (TPSA) is 82.4 Å². The first-order valence-corrected chi connectivity index (χ1v) is 10.3. The molecule has 5 amide bonds. The van der Waals surface area contributed by atoms with Gasteiger partial charge in [0.05, 0.1) is 36.7 Å². The van der Waals surface area contributed by atoms with Gasteiger partial charge in [0.25, 0.3) is 5.91 Å². The fraction of sp³-hybridized carbons (Fsp3) is 0.300. The lowest BCUT2D eigenvalue weighted by Gasteiger charge is -2.33. The lowest BCUT2D eigenvalue weighted by molar-refractivity contribution is -0.911. The third-order valence-electron chi connectivity index (χ3n) is 5.22. The molecule has 2 aliphatic rings. The minimum absolute atomic E-state index is 0.00750. The SMILES string of the molecule is Cc1ccc(N2C(=O)C(=O)N(C[NH+]3CCN(C(=O)c4cccs4)CC3)C2=O)cc1. The smallest absolute Gasteiger partial charge is 0.327 e. The maximum atomic E-state index is 12.7. The summed E-state index contributed by atoms with van der Waals surface area (Å²) in [6, 6.07) is 9.93. The zero-order valence-electron chi connectivity index (χ0n) is 16.0. The van der Waals surface area contributed by atoms with E-state index < -0.39 is 17.8 Å². The van der Waals surface area contributed by atoms with Gasteiger partial charge in [0, 0.05) is 0 Å². The van der Waals surface area contributed by atoms with Crippen LogP contribution in [-0.4, -0.2) is 66.4 Å². The highest BCUT2D eigenvalue weighted by Crippen LogP contribution is 2.22. The summed E-state index contributed by atoms with van der Waals surface area (Å²) < 4.78 is 0. The number of rotatable bonds is 4. The van der Waals surface area contributed by atoms with Crippen LogP contribution in [0.25, 0.3) is 0 Å². The summed E-state index contributed by atoms with van der Waals surface area (Å²) in [4.78, 5) is 55.4. The molecule has 1 aromatic heterocycles. The molecule has 0 saturated carbocycles. The number of hydrogen-bond acceptors (Lipinski definition) is 5. The zero-order valence-corrected chi connectivity index (χ0v) is 16.8. The van der Waals surface area contributed by atoms with E-state index >= 15 is 0 Å². The number of quaternary nitrogens is 1. The molecule has 9 heteroatoms. The normalized spacial score (nSPS) is 18.1. The van der Waals surface area contributed by atoms with E-state index in [1.807, 2.05) is 18.4 Å². The maximum Gasteiger partial charge on any atom is 0.343 e. The Hall–Kier alpha value is -3.04. The van der Waals surface area contributed by atoms with Gasteiger partial charge in [-0.15, -0.1) is 11.3 Å². The average Bonchev–Trinajstić information content (AvgIpc) is 3.33. The van der Waals surface area contributed by atoms with Crippen LogP contribution in [0.5, 0.6) is 0 Å². The molecule has 2 aromatic rings. The van der Waals surface area contributed by atoms with Crippen molar-refractivity contribution in [2.75, 3.05) is 37.7 Å². The van der Waals surface area contributed by atoms with Crippen LogP contribution in [0.15, 0.2) is 41.8 Å². The van der Waals surface area contributed by atoms with Crippen molar-refractivity contribution in [3.05, 3.63) is 52.2 Å². The van der Waals surface area contributed by atoms with E-state index in [-0.39, 0.29) is 12.6 Å². The van der Waals surface area contributed by atoms with Crippen LogP contribution in [0, 0.1) is 6.92 Å². The highest BCUT2D eigenvalue weighted by atomic mass is 32.1. The molecule has 150 valence electrons. The molecule has 1 aromatic carbocycles. The standard InChI is InChI=1S/C20H20N4O4S/c1-14-4-6-15(7-5-14)24-19(27)18(26)23(20(24)28)13-21-8-10-22(11-9-21)17(25)16-3-2-12-29-16/h2-7,12H,8-11,13H2,1H3/p+1. The van der Waals surface area contributed by atoms with E-state index in [4.69, 9.17) is 0 Å². The average molecular weight is 413 g/mol. The molecule has 3 heterocycles. The van der Waals surface area contributed by atoms with Crippen molar-refractivity contribution in [2.24, 2.45) is 0 Å². The molecule has 0 unspecified atom stereocenters. The molecule has 8 nitrogen and oxygen atoms in total. The van der Waals surface area contributed by atoms with Crippen molar-refractivity contribution >= 4 is 40.8 Å². The minimum Gasteiger partial charge on any atom is -0.327 e. The monoisotopic (exact) mass is 413 g/mol. The third-order valence-corrected chi connectivity index (χ3v) is 6.07. The van der Waals surface area contributed by atoms with Crippen molar-refractivity contribution in [3.63, 3.8) is 0 Å². The summed E-state index contributed by atoms with van der Waals surface area (Å²) in [6.07, 6.45) is 0. The van der Waals surface area contributed by atoms with Gasteiger partial charge < -0.3 is 9.80 Å². The van der Waals surface area contributed by atoms with Gasteiger partial charge in [-0.05, 0) is 30.5 Å². The molecule has 0 atom stereocenters. The van der Waals surface area contributed by atoms with Gasteiger partial charge in [0.15, 0.2) is 6.67 Å². The van der Waals surface area contributed by atoms with Gasteiger partial charge in [-0.25, -0.2) is 14.6 Å². The summed E-state index contributed by atoms with van der Waals surface area (Å²) in [5, 5.41) is 1.87. The maximum absolute atomic E-state index is 12.7. The Morgan fingerprint density at radius 1 is 1.03 bits per heavy atom. The fourth-order valence-electron chi connectivity index (χ4n) is 3.53. The van der Waals surface area contributed by atoms with Gasteiger partial charge in [-0.3, -0.25) is 14.4 Å². The summed E-state index contributed by atoms with van der Waals surface area (Å²) >= 11 is 1.41.